The summed E-state index contributed by atoms with van der Waals surface area (Å²) in [6.07, 6.45) is 3.63. The summed E-state index contributed by atoms with van der Waals surface area (Å²) in [7, 11) is 0. The first-order chi connectivity index (χ1) is 9.83. The van der Waals surface area contributed by atoms with Gasteiger partial charge in [0.15, 0.2) is 11.5 Å². The number of hydrogen-bond donors (Lipinski definition) is 1. The van der Waals surface area contributed by atoms with Gasteiger partial charge in [-0.3, -0.25) is 4.98 Å². The Labute approximate surface area is 118 Å². The van der Waals surface area contributed by atoms with Crippen molar-refractivity contribution in [2.24, 2.45) is 0 Å². The Morgan fingerprint density at radius 2 is 1.85 bits per heavy atom. The molecule has 4 nitrogen and oxygen atoms in total. The molecule has 3 rings (SSSR count). The zero-order valence-electron chi connectivity index (χ0n) is 11.5. The molecule has 1 atom stereocenters. The number of benzene rings is 1. The summed E-state index contributed by atoms with van der Waals surface area (Å²) in [5.41, 5.74) is 2.42. The molecule has 0 amide bonds. The van der Waals surface area contributed by atoms with Crippen LogP contribution in [-0.4, -0.2) is 18.2 Å². The molecule has 0 aliphatic carbocycles. The highest BCUT2D eigenvalue weighted by atomic mass is 16.6. The standard InChI is InChI=1S/C16H18N2O2/c1-12(14-4-6-17-7-5-14)18-11-13-2-3-15-16(10-13)20-9-8-19-15/h2-7,10,12,18H,8-9,11H2,1H3/t12-/m0/s1. The molecule has 0 saturated heterocycles. The molecule has 1 N–H and O–H groups in total. The molecular formula is C16H18N2O2. The van der Waals surface area contributed by atoms with Crippen LogP contribution >= 0.6 is 0 Å². The zero-order valence-corrected chi connectivity index (χ0v) is 11.5. The largest absolute Gasteiger partial charge is 0.486 e. The third kappa shape index (κ3) is 2.91. The molecule has 2 aromatic rings. The second-order valence-corrected chi connectivity index (χ2v) is 4.86. The van der Waals surface area contributed by atoms with Crippen LogP contribution in [0.1, 0.15) is 24.1 Å². The Balaban J connectivity index is 1.64. The van der Waals surface area contributed by atoms with E-state index in [1.807, 2.05) is 36.7 Å². The molecule has 0 saturated carbocycles. The van der Waals surface area contributed by atoms with E-state index < -0.39 is 0 Å². The van der Waals surface area contributed by atoms with Crippen molar-refractivity contribution in [1.82, 2.24) is 10.3 Å². The summed E-state index contributed by atoms with van der Waals surface area (Å²) >= 11 is 0. The van der Waals surface area contributed by atoms with Gasteiger partial charge in [-0.1, -0.05) is 6.07 Å². The van der Waals surface area contributed by atoms with Crippen LogP contribution in [0.5, 0.6) is 11.5 Å². The topological polar surface area (TPSA) is 43.4 Å². The number of nitrogens with one attached hydrogen (secondary N) is 1. The van der Waals surface area contributed by atoms with Crippen molar-refractivity contribution in [3.63, 3.8) is 0 Å². The monoisotopic (exact) mass is 270 g/mol. The van der Waals surface area contributed by atoms with Crippen molar-refractivity contribution in [1.29, 1.82) is 0 Å². The summed E-state index contributed by atoms with van der Waals surface area (Å²) in [4.78, 5) is 4.04. The van der Waals surface area contributed by atoms with Gasteiger partial charge in [0.2, 0.25) is 0 Å². The van der Waals surface area contributed by atoms with E-state index in [1.165, 1.54) is 11.1 Å². The van der Waals surface area contributed by atoms with Gasteiger partial charge in [0.1, 0.15) is 13.2 Å². The zero-order chi connectivity index (χ0) is 13.8. The first-order valence-electron chi connectivity index (χ1n) is 6.85. The third-order valence-corrected chi connectivity index (χ3v) is 3.43. The van der Waals surface area contributed by atoms with E-state index in [9.17, 15) is 0 Å². The minimum Gasteiger partial charge on any atom is -0.486 e. The quantitative estimate of drug-likeness (QED) is 0.927. The van der Waals surface area contributed by atoms with Gasteiger partial charge >= 0.3 is 0 Å². The van der Waals surface area contributed by atoms with Crippen molar-refractivity contribution >= 4 is 0 Å². The van der Waals surface area contributed by atoms with Gasteiger partial charge in [-0.15, -0.1) is 0 Å². The third-order valence-electron chi connectivity index (χ3n) is 3.43. The molecule has 0 fully saturated rings. The summed E-state index contributed by atoms with van der Waals surface area (Å²) in [5.74, 6) is 1.68. The van der Waals surface area contributed by atoms with E-state index in [4.69, 9.17) is 9.47 Å². The lowest BCUT2D eigenvalue weighted by Gasteiger charge is -2.19. The number of pyridine rings is 1. The SMILES string of the molecule is C[C@H](NCc1ccc2c(c1)OCCO2)c1ccncc1. The summed E-state index contributed by atoms with van der Waals surface area (Å²) in [6.45, 7) is 4.19. The number of rotatable bonds is 4. The molecule has 0 bridgehead atoms. The molecule has 1 aliphatic heterocycles. The molecule has 20 heavy (non-hydrogen) atoms. The average Bonchev–Trinajstić information content (AvgIpc) is 2.53. The Kier molecular flexibility index (Phi) is 3.83. The number of fused-ring (bicyclic) bond motifs is 1. The molecule has 4 heteroatoms. The Morgan fingerprint density at radius 3 is 2.65 bits per heavy atom. The smallest absolute Gasteiger partial charge is 0.161 e. The number of nitrogens with zero attached hydrogens (tertiary/aromatic N) is 1. The number of ether oxygens (including phenoxy) is 2. The van der Waals surface area contributed by atoms with Gasteiger partial charge in [0.25, 0.3) is 0 Å². The molecule has 0 spiro atoms. The summed E-state index contributed by atoms with van der Waals surface area (Å²) in [6, 6.07) is 10.4. The van der Waals surface area contributed by atoms with Crippen LogP contribution < -0.4 is 14.8 Å². The fourth-order valence-corrected chi connectivity index (χ4v) is 2.24. The van der Waals surface area contributed by atoms with Gasteiger partial charge in [0.05, 0.1) is 0 Å². The fourth-order valence-electron chi connectivity index (χ4n) is 2.24. The van der Waals surface area contributed by atoms with E-state index in [1.54, 1.807) is 0 Å². The predicted molar refractivity (Wildman–Crippen MR) is 76.9 cm³/mol. The highest BCUT2D eigenvalue weighted by Gasteiger charge is 2.12. The second-order valence-electron chi connectivity index (χ2n) is 4.86. The van der Waals surface area contributed by atoms with E-state index in [0.29, 0.717) is 13.2 Å². The molecule has 2 heterocycles. The van der Waals surface area contributed by atoms with Crippen LogP contribution in [0, 0.1) is 0 Å². The molecule has 0 unspecified atom stereocenters. The highest BCUT2D eigenvalue weighted by Crippen LogP contribution is 2.30. The van der Waals surface area contributed by atoms with E-state index in [2.05, 4.69) is 23.3 Å². The maximum absolute atomic E-state index is 5.59. The van der Waals surface area contributed by atoms with Crippen molar-refractivity contribution in [2.45, 2.75) is 19.5 Å². The summed E-state index contributed by atoms with van der Waals surface area (Å²) < 4.78 is 11.1. The fraction of sp³-hybridized carbons (Fsp3) is 0.312. The molecular weight excluding hydrogens is 252 g/mol. The van der Waals surface area contributed by atoms with Gasteiger partial charge in [-0.25, -0.2) is 0 Å². The average molecular weight is 270 g/mol. The Bertz CT molecular complexity index is 572. The van der Waals surface area contributed by atoms with Crippen molar-refractivity contribution in [3.8, 4) is 11.5 Å². The molecule has 0 radical (unpaired) electrons. The van der Waals surface area contributed by atoms with Crippen molar-refractivity contribution in [3.05, 3.63) is 53.9 Å². The first kappa shape index (κ1) is 12.9. The lowest BCUT2D eigenvalue weighted by Crippen LogP contribution is -2.19. The van der Waals surface area contributed by atoms with Gasteiger partial charge in [0, 0.05) is 25.0 Å². The first-order valence-corrected chi connectivity index (χ1v) is 6.85. The van der Waals surface area contributed by atoms with Gasteiger partial charge in [-0.2, -0.15) is 0 Å². The number of hydrogen-bond acceptors (Lipinski definition) is 4. The molecule has 1 aromatic carbocycles. The van der Waals surface area contributed by atoms with Crippen LogP contribution in [0.2, 0.25) is 0 Å². The lowest BCUT2D eigenvalue weighted by molar-refractivity contribution is 0.171. The van der Waals surface area contributed by atoms with Crippen molar-refractivity contribution < 1.29 is 9.47 Å². The maximum atomic E-state index is 5.59. The lowest BCUT2D eigenvalue weighted by atomic mass is 10.1. The predicted octanol–water partition coefficient (Wildman–Crippen LogP) is 2.70. The van der Waals surface area contributed by atoms with Crippen LogP contribution in [-0.2, 0) is 6.54 Å². The van der Waals surface area contributed by atoms with E-state index in [0.717, 1.165) is 18.0 Å². The van der Waals surface area contributed by atoms with Gasteiger partial charge < -0.3 is 14.8 Å². The molecule has 1 aromatic heterocycles. The Morgan fingerprint density at radius 1 is 1.10 bits per heavy atom. The minimum absolute atomic E-state index is 0.284. The number of aromatic nitrogens is 1. The van der Waals surface area contributed by atoms with Crippen LogP contribution in [0.15, 0.2) is 42.7 Å². The minimum atomic E-state index is 0.284. The summed E-state index contributed by atoms with van der Waals surface area (Å²) in [5, 5.41) is 3.50. The molecule has 104 valence electrons. The van der Waals surface area contributed by atoms with E-state index >= 15 is 0 Å². The Hall–Kier alpha value is -2.07. The highest BCUT2D eigenvalue weighted by molar-refractivity contribution is 5.43. The van der Waals surface area contributed by atoms with Crippen LogP contribution in [0.4, 0.5) is 0 Å². The second kappa shape index (κ2) is 5.92. The van der Waals surface area contributed by atoms with Crippen LogP contribution in [0.3, 0.4) is 0 Å². The van der Waals surface area contributed by atoms with Gasteiger partial charge in [-0.05, 0) is 42.3 Å². The molecule has 1 aliphatic rings. The normalized spacial score (nSPS) is 14.8. The van der Waals surface area contributed by atoms with Crippen LogP contribution in [0.25, 0.3) is 0 Å². The van der Waals surface area contributed by atoms with Crippen molar-refractivity contribution in [2.75, 3.05) is 13.2 Å². The van der Waals surface area contributed by atoms with E-state index in [-0.39, 0.29) is 6.04 Å². The maximum Gasteiger partial charge on any atom is 0.161 e.